The number of rotatable bonds is 9. The molecule has 4 aliphatic rings. The molecule has 10 nitrogen and oxygen atoms in total. The van der Waals surface area contributed by atoms with Crippen LogP contribution >= 0.6 is 0 Å². The maximum atomic E-state index is 13.5. The fourth-order valence-electron chi connectivity index (χ4n) is 8.82. The minimum atomic E-state index is -1.03. The highest BCUT2D eigenvalue weighted by Gasteiger charge is 2.50. The van der Waals surface area contributed by atoms with Gasteiger partial charge in [-0.1, -0.05) is 87.5 Å². The van der Waals surface area contributed by atoms with Gasteiger partial charge in [0.05, 0.1) is 30.9 Å². The number of aliphatic hydroxyl groups excluding tert-OH is 1. The average Bonchev–Trinajstić information content (AvgIpc) is 3.51. The molecule has 1 saturated carbocycles. The number of ether oxygens (including phenoxy) is 3. The van der Waals surface area contributed by atoms with Crippen molar-refractivity contribution in [1.82, 2.24) is 10.2 Å². The Morgan fingerprint density at radius 1 is 0.940 bits per heavy atom. The summed E-state index contributed by atoms with van der Waals surface area (Å²) in [4.78, 5) is 42.9. The second-order valence-electron chi connectivity index (χ2n) is 15.6. The molecule has 3 aromatic carbocycles. The SMILES string of the molecule is CC1(C)CC2CC(C)(CN2C[C@H]2C[C@@H](c3ccc(CO)cc3)O[C@@H](c3cccc(N4C(=O)CC(NC(=O)OCc5ccccc5)C4=O)c3)O2)C1. The van der Waals surface area contributed by atoms with Crippen molar-refractivity contribution >= 4 is 23.6 Å². The van der Waals surface area contributed by atoms with Crippen LogP contribution in [-0.4, -0.2) is 59.2 Å². The zero-order valence-corrected chi connectivity index (χ0v) is 29.0. The third-order valence-corrected chi connectivity index (χ3v) is 10.6. The van der Waals surface area contributed by atoms with Gasteiger partial charge in [0.2, 0.25) is 5.91 Å². The number of imide groups is 1. The summed E-state index contributed by atoms with van der Waals surface area (Å²) in [6, 6.07) is 23.7. The molecule has 6 atom stereocenters. The van der Waals surface area contributed by atoms with Crippen molar-refractivity contribution < 1.29 is 33.7 Å². The van der Waals surface area contributed by atoms with Gasteiger partial charge in [-0.05, 0) is 58.9 Å². The van der Waals surface area contributed by atoms with Crippen molar-refractivity contribution in [2.75, 3.05) is 18.0 Å². The Kier molecular flexibility index (Phi) is 9.56. The molecule has 50 heavy (non-hydrogen) atoms. The third-order valence-electron chi connectivity index (χ3n) is 10.6. The van der Waals surface area contributed by atoms with Gasteiger partial charge < -0.3 is 24.6 Å². The Labute approximate surface area is 293 Å². The quantitative estimate of drug-likeness (QED) is 0.257. The van der Waals surface area contributed by atoms with E-state index in [2.05, 4.69) is 31.0 Å². The number of likely N-dealkylation sites (tertiary alicyclic amines) is 1. The maximum absolute atomic E-state index is 13.5. The highest BCUT2D eigenvalue weighted by molar-refractivity contribution is 6.22. The summed E-state index contributed by atoms with van der Waals surface area (Å²) in [6.07, 6.45) is 2.23. The first-order chi connectivity index (χ1) is 24.0. The van der Waals surface area contributed by atoms with Crippen molar-refractivity contribution in [3.63, 3.8) is 0 Å². The summed E-state index contributed by atoms with van der Waals surface area (Å²) in [7, 11) is 0. The van der Waals surface area contributed by atoms with Gasteiger partial charge in [-0.15, -0.1) is 0 Å². The predicted octanol–water partition coefficient (Wildman–Crippen LogP) is 6.18. The Hall–Kier alpha value is -4.09. The summed E-state index contributed by atoms with van der Waals surface area (Å²) in [5.74, 6) is -0.937. The number of fused-ring (bicyclic) bond motifs is 2. The van der Waals surface area contributed by atoms with Crippen LogP contribution in [0, 0.1) is 10.8 Å². The number of hydrogen-bond acceptors (Lipinski definition) is 8. The van der Waals surface area contributed by atoms with Crippen LogP contribution in [0.5, 0.6) is 0 Å². The van der Waals surface area contributed by atoms with Gasteiger partial charge in [-0.2, -0.15) is 0 Å². The van der Waals surface area contributed by atoms with Crippen molar-refractivity contribution in [2.45, 2.75) is 96.7 Å². The van der Waals surface area contributed by atoms with E-state index in [1.54, 1.807) is 18.2 Å². The largest absolute Gasteiger partial charge is 0.445 e. The second-order valence-corrected chi connectivity index (χ2v) is 15.6. The Morgan fingerprint density at radius 2 is 1.72 bits per heavy atom. The lowest BCUT2D eigenvalue weighted by molar-refractivity contribution is -0.253. The van der Waals surface area contributed by atoms with Crippen LogP contribution in [0.4, 0.5) is 10.5 Å². The van der Waals surface area contributed by atoms with Gasteiger partial charge >= 0.3 is 6.09 Å². The van der Waals surface area contributed by atoms with Gasteiger partial charge in [0, 0.05) is 31.1 Å². The van der Waals surface area contributed by atoms with Gasteiger partial charge in [0.15, 0.2) is 6.29 Å². The smallest absolute Gasteiger partial charge is 0.408 e. The van der Waals surface area contributed by atoms with Gasteiger partial charge in [-0.25, -0.2) is 9.69 Å². The summed E-state index contributed by atoms with van der Waals surface area (Å²) in [5, 5.41) is 12.2. The van der Waals surface area contributed by atoms with Crippen LogP contribution in [0.3, 0.4) is 0 Å². The molecule has 7 rings (SSSR count). The molecule has 0 spiro atoms. The highest BCUT2D eigenvalue weighted by Crippen LogP contribution is 2.53. The molecule has 3 amide bonds. The number of nitrogens with one attached hydrogen (secondary N) is 1. The zero-order valence-electron chi connectivity index (χ0n) is 29.0. The van der Waals surface area contributed by atoms with Gasteiger partial charge in [0.1, 0.15) is 12.6 Å². The van der Waals surface area contributed by atoms with Crippen molar-refractivity contribution in [1.29, 1.82) is 0 Å². The van der Waals surface area contributed by atoms with E-state index in [1.807, 2.05) is 60.7 Å². The number of aliphatic hydroxyl groups is 1. The summed E-state index contributed by atoms with van der Waals surface area (Å²) in [6.45, 7) is 9.04. The van der Waals surface area contributed by atoms with E-state index in [0.29, 0.717) is 34.5 Å². The summed E-state index contributed by atoms with van der Waals surface area (Å²) >= 11 is 0. The number of anilines is 1. The van der Waals surface area contributed by atoms with Crippen molar-refractivity contribution in [3.05, 3.63) is 101 Å². The number of nitrogens with zero attached hydrogens (tertiary/aromatic N) is 2. The normalized spacial score (nSPS) is 29.3. The Balaban J connectivity index is 1.07. The monoisotopic (exact) mass is 681 g/mol. The van der Waals surface area contributed by atoms with E-state index in [9.17, 15) is 19.5 Å². The molecule has 3 aromatic rings. The molecule has 4 fully saturated rings. The van der Waals surface area contributed by atoms with Gasteiger partial charge in [-0.3, -0.25) is 14.5 Å². The van der Waals surface area contributed by atoms with E-state index < -0.39 is 30.2 Å². The first-order valence-electron chi connectivity index (χ1n) is 17.7. The molecule has 3 aliphatic heterocycles. The zero-order chi connectivity index (χ0) is 35.0. The minimum Gasteiger partial charge on any atom is -0.445 e. The molecule has 10 heteroatoms. The number of hydrogen-bond donors (Lipinski definition) is 2. The van der Waals surface area contributed by atoms with Crippen LogP contribution in [0.1, 0.15) is 87.5 Å². The Bertz CT molecular complexity index is 1710. The summed E-state index contributed by atoms with van der Waals surface area (Å²) in [5.41, 5.74) is 4.34. The third kappa shape index (κ3) is 7.49. The molecule has 3 saturated heterocycles. The summed E-state index contributed by atoms with van der Waals surface area (Å²) < 4.78 is 18.6. The number of carbonyl (C=O) groups excluding carboxylic acids is 3. The van der Waals surface area contributed by atoms with Crippen molar-refractivity contribution in [3.8, 4) is 0 Å². The first-order valence-corrected chi connectivity index (χ1v) is 17.7. The average molecular weight is 682 g/mol. The van der Waals surface area contributed by atoms with E-state index in [1.165, 1.54) is 19.3 Å². The van der Waals surface area contributed by atoms with Crippen LogP contribution in [0.15, 0.2) is 78.9 Å². The van der Waals surface area contributed by atoms with E-state index in [4.69, 9.17) is 14.2 Å². The lowest BCUT2D eigenvalue weighted by Gasteiger charge is -2.41. The first kappa shape index (κ1) is 34.4. The van der Waals surface area contributed by atoms with Gasteiger partial charge in [0.25, 0.3) is 5.91 Å². The second kappa shape index (κ2) is 13.9. The fraction of sp³-hybridized carbons (Fsp3) is 0.475. The molecular weight excluding hydrogens is 634 g/mol. The fourth-order valence-corrected chi connectivity index (χ4v) is 8.82. The molecule has 0 radical (unpaired) electrons. The lowest BCUT2D eigenvalue weighted by atomic mass is 9.65. The van der Waals surface area contributed by atoms with Crippen LogP contribution in [-0.2, 0) is 37.0 Å². The van der Waals surface area contributed by atoms with Crippen LogP contribution < -0.4 is 10.2 Å². The predicted molar refractivity (Wildman–Crippen MR) is 187 cm³/mol. The lowest BCUT2D eigenvalue weighted by Crippen LogP contribution is -2.42. The molecule has 2 bridgehead atoms. The maximum Gasteiger partial charge on any atom is 0.408 e. The Morgan fingerprint density at radius 3 is 2.48 bits per heavy atom. The van der Waals surface area contributed by atoms with E-state index in [-0.39, 0.29) is 31.8 Å². The molecular formula is C40H47N3O7. The topological polar surface area (TPSA) is 118 Å². The number of alkyl carbamates (subject to hydrolysis) is 1. The number of benzene rings is 3. The molecule has 3 unspecified atom stereocenters. The molecule has 0 aromatic heterocycles. The number of carbonyl (C=O) groups is 3. The molecule has 3 heterocycles. The minimum absolute atomic E-state index is 0.0301. The van der Waals surface area contributed by atoms with E-state index >= 15 is 0 Å². The highest BCUT2D eigenvalue weighted by atomic mass is 16.7. The van der Waals surface area contributed by atoms with Crippen LogP contribution in [0.2, 0.25) is 0 Å². The van der Waals surface area contributed by atoms with Crippen molar-refractivity contribution in [2.24, 2.45) is 10.8 Å². The molecule has 1 aliphatic carbocycles. The van der Waals surface area contributed by atoms with Crippen LogP contribution in [0.25, 0.3) is 0 Å². The van der Waals surface area contributed by atoms with E-state index in [0.717, 1.165) is 34.7 Å². The molecule has 264 valence electrons. The molecule has 2 N–H and O–H groups in total. The standard InChI is InChI=1S/C40H47N3O7/c1-39(2)19-31-20-40(3,24-39)25-42(31)21-32-17-34(28-14-12-26(22-44)13-15-28)50-37(49-32)29-10-7-11-30(16-29)43-35(45)18-33(36(43)46)41-38(47)48-23-27-8-5-4-6-9-27/h4-16,31-34,37,44H,17-25H2,1-3H3,(H,41,47)/t31?,32-,33?,34+,37+,40?/m1/s1. The number of amides is 3.